The monoisotopic (exact) mass is 241 g/mol. The van der Waals surface area contributed by atoms with Crippen molar-refractivity contribution in [1.29, 1.82) is 0 Å². The minimum absolute atomic E-state index is 0.117. The second-order valence-electron chi connectivity index (χ2n) is 2.55. The van der Waals surface area contributed by atoms with E-state index < -0.39 is 17.5 Å². The molecule has 0 unspecified atom stereocenters. The highest BCUT2D eigenvalue weighted by Crippen LogP contribution is 2.25. The molecule has 0 fully saturated rings. The zero-order valence-corrected chi connectivity index (χ0v) is 8.06. The van der Waals surface area contributed by atoms with Crippen LogP contribution in [0.4, 0.5) is 23.3 Å². The summed E-state index contributed by atoms with van der Waals surface area (Å²) >= 11 is 0.703. The van der Waals surface area contributed by atoms with Crippen molar-refractivity contribution in [3.8, 4) is 0 Å². The highest BCUT2D eigenvalue weighted by atomic mass is 32.1. The fourth-order valence-electron chi connectivity index (χ4n) is 0.743. The van der Waals surface area contributed by atoms with Crippen molar-refractivity contribution in [2.75, 3.05) is 11.9 Å². The van der Waals surface area contributed by atoms with E-state index in [1.54, 1.807) is 0 Å². The first-order valence-corrected chi connectivity index (χ1v) is 4.61. The molecule has 0 aliphatic heterocycles. The second-order valence-corrected chi connectivity index (χ2v) is 3.56. The molecule has 5 nitrogen and oxygen atoms in total. The lowest BCUT2D eigenvalue weighted by Crippen LogP contribution is -2.14. The van der Waals surface area contributed by atoms with Crippen LogP contribution in [0.25, 0.3) is 0 Å². The van der Waals surface area contributed by atoms with E-state index in [1.807, 2.05) is 0 Å². The molecule has 0 aliphatic rings. The van der Waals surface area contributed by atoms with Crippen LogP contribution < -0.4 is 5.32 Å². The molecular formula is C6H6F3N3O2S. The Kier molecular flexibility index (Phi) is 3.45. The average Bonchev–Trinajstić information content (AvgIpc) is 2.50. The van der Waals surface area contributed by atoms with Gasteiger partial charge in [-0.3, -0.25) is 10.1 Å². The van der Waals surface area contributed by atoms with Crippen molar-refractivity contribution >= 4 is 21.5 Å². The van der Waals surface area contributed by atoms with Crippen LogP contribution in [-0.2, 0) is 0 Å². The molecule has 15 heavy (non-hydrogen) atoms. The summed E-state index contributed by atoms with van der Waals surface area (Å²) in [5.74, 6) is 0. The third kappa shape index (κ3) is 4.11. The summed E-state index contributed by atoms with van der Waals surface area (Å²) < 4.78 is 35.2. The number of nitro groups is 1. The summed E-state index contributed by atoms with van der Waals surface area (Å²) in [4.78, 5) is 13.1. The van der Waals surface area contributed by atoms with Crippen molar-refractivity contribution in [2.45, 2.75) is 12.6 Å². The van der Waals surface area contributed by atoms with Crippen molar-refractivity contribution < 1.29 is 18.1 Å². The predicted octanol–water partition coefficient (Wildman–Crippen LogP) is 2.42. The summed E-state index contributed by atoms with van der Waals surface area (Å²) in [6, 6.07) is 0. The van der Waals surface area contributed by atoms with Gasteiger partial charge in [0.25, 0.3) is 0 Å². The maximum atomic E-state index is 11.7. The molecular weight excluding hydrogens is 235 g/mol. The maximum absolute atomic E-state index is 11.7. The van der Waals surface area contributed by atoms with Crippen molar-refractivity contribution in [3.63, 3.8) is 0 Å². The Morgan fingerprint density at radius 2 is 2.27 bits per heavy atom. The Labute approximate surface area is 86.1 Å². The van der Waals surface area contributed by atoms with Gasteiger partial charge in [0, 0.05) is 6.54 Å². The van der Waals surface area contributed by atoms with E-state index in [9.17, 15) is 23.3 Å². The third-order valence-corrected chi connectivity index (χ3v) is 2.26. The fraction of sp³-hybridized carbons (Fsp3) is 0.500. The first kappa shape index (κ1) is 11.7. The van der Waals surface area contributed by atoms with Gasteiger partial charge in [0.05, 0.1) is 11.3 Å². The van der Waals surface area contributed by atoms with E-state index >= 15 is 0 Å². The van der Waals surface area contributed by atoms with Gasteiger partial charge >= 0.3 is 11.2 Å². The van der Waals surface area contributed by atoms with Crippen LogP contribution in [-0.4, -0.2) is 22.6 Å². The van der Waals surface area contributed by atoms with Gasteiger partial charge in [-0.1, -0.05) is 0 Å². The van der Waals surface area contributed by atoms with Gasteiger partial charge < -0.3 is 5.32 Å². The van der Waals surface area contributed by atoms with E-state index in [-0.39, 0.29) is 16.7 Å². The lowest BCUT2D eigenvalue weighted by atomic mass is 10.4. The molecule has 1 N–H and O–H groups in total. The average molecular weight is 241 g/mol. The number of halogens is 3. The maximum Gasteiger partial charge on any atom is 0.390 e. The van der Waals surface area contributed by atoms with Gasteiger partial charge in [-0.25, -0.2) is 4.98 Å². The highest BCUT2D eigenvalue weighted by Gasteiger charge is 2.26. The molecule has 0 aliphatic carbocycles. The molecule has 84 valence electrons. The number of anilines is 1. The normalized spacial score (nSPS) is 11.4. The fourth-order valence-corrected chi connectivity index (χ4v) is 1.40. The van der Waals surface area contributed by atoms with Gasteiger partial charge in [0.2, 0.25) is 0 Å². The van der Waals surface area contributed by atoms with Gasteiger partial charge in [-0.15, -0.1) is 0 Å². The number of aromatic nitrogens is 1. The number of hydrogen-bond acceptors (Lipinski definition) is 5. The molecule has 0 saturated heterocycles. The molecule has 0 bridgehead atoms. The van der Waals surface area contributed by atoms with Crippen LogP contribution >= 0.6 is 11.3 Å². The summed E-state index contributed by atoms with van der Waals surface area (Å²) in [7, 11) is 0. The molecule has 0 amide bonds. The molecule has 1 heterocycles. The number of thiazole rings is 1. The topological polar surface area (TPSA) is 68.1 Å². The Morgan fingerprint density at radius 3 is 2.73 bits per heavy atom. The number of rotatable bonds is 4. The van der Waals surface area contributed by atoms with Crippen molar-refractivity contribution in [1.82, 2.24) is 4.98 Å². The zero-order valence-electron chi connectivity index (χ0n) is 7.24. The van der Waals surface area contributed by atoms with Crippen LogP contribution in [0, 0.1) is 10.1 Å². The van der Waals surface area contributed by atoms with E-state index in [1.165, 1.54) is 0 Å². The zero-order chi connectivity index (χ0) is 11.5. The van der Waals surface area contributed by atoms with E-state index in [0.29, 0.717) is 11.3 Å². The summed E-state index contributed by atoms with van der Waals surface area (Å²) in [5.41, 5.74) is 0. The van der Waals surface area contributed by atoms with E-state index in [0.717, 1.165) is 6.20 Å². The molecule has 0 saturated carbocycles. The molecule has 0 atom stereocenters. The summed E-state index contributed by atoms with van der Waals surface area (Å²) in [6.45, 7) is -0.339. The molecule has 1 aromatic heterocycles. The molecule has 1 rings (SSSR count). The van der Waals surface area contributed by atoms with Crippen LogP contribution in [0.1, 0.15) is 6.42 Å². The highest BCUT2D eigenvalue weighted by molar-refractivity contribution is 7.18. The Bertz CT molecular complexity index is 352. The lowest BCUT2D eigenvalue weighted by Gasteiger charge is -2.05. The molecule has 0 radical (unpaired) electrons. The third-order valence-electron chi connectivity index (χ3n) is 1.36. The number of alkyl halides is 3. The predicted molar refractivity (Wildman–Crippen MR) is 47.9 cm³/mol. The molecule has 0 spiro atoms. The number of nitrogens with zero attached hydrogens (tertiary/aromatic N) is 2. The van der Waals surface area contributed by atoms with Crippen molar-refractivity contribution in [3.05, 3.63) is 16.3 Å². The Morgan fingerprint density at radius 1 is 1.60 bits per heavy atom. The van der Waals surface area contributed by atoms with Crippen LogP contribution in [0.5, 0.6) is 0 Å². The van der Waals surface area contributed by atoms with E-state index in [4.69, 9.17) is 0 Å². The van der Waals surface area contributed by atoms with Gasteiger partial charge in [0.15, 0.2) is 5.13 Å². The Balaban J connectivity index is 2.41. The van der Waals surface area contributed by atoms with Crippen molar-refractivity contribution in [2.24, 2.45) is 0 Å². The number of hydrogen-bond donors (Lipinski definition) is 1. The quantitative estimate of drug-likeness (QED) is 0.649. The smallest absolute Gasteiger partial charge is 0.361 e. The van der Waals surface area contributed by atoms with Gasteiger partial charge in [-0.05, 0) is 11.3 Å². The Hall–Kier alpha value is -1.38. The minimum Gasteiger partial charge on any atom is -0.361 e. The minimum atomic E-state index is -4.24. The van der Waals surface area contributed by atoms with Crippen LogP contribution in [0.2, 0.25) is 0 Å². The lowest BCUT2D eigenvalue weighted by molar-refractivity contribution is -0.380. The largest absolute Gasteiger partial charge is 0.390 e. The summed E-state index contributed by atoms with van der Waals surface area (Å²) in [5, 5.41) is 12.5. The second kappa shape index (κ2) is 4.43. The summed E-state index contributed by atoms with van der Waals surface area (Å²) in [6.07, 6.45) is -4.24. The van der Waals surface area contributed by atoms with E-state index in [2.05, 4.69) is 10.3 Å². The molecule has 9 heteroatoms. The first-order chi connectivity index (χ1) is 6.88. The van der Waals surface area contributed by atoms with Gasteiger partial charge in [-0.2, -0.15) is 13.2 Å². The standard InChI is InChI=1S/C6H6F3N3O2S/c7-6(8,9)1-2-10-5-11-3-4(15-5)12(13)14/h3H,1-2H2,(H,10,11). The first-order valence-electron chi connectivity index (χ1n) is 3.79. The van der Waals surface area contributed by atoms with Crippen LogP contribution in [0.3, 0.4) is 0 Å². The SMILES string of the molecule is O=[N+]([O-])c1cnc(NCCC(F)(F)F)s1. The van der Waals surface area contributed by atoms with Gasteiger partial charge in [0.1, 0.15) is 6.20 Å². The molecule has 1 aromatic rings. The van der Waals surface area contributed by atoms with Crippen LogP contribution in [0.15, 0.2) is 6.20 Å². The number of nitrogens with one attached hydrogen (secondary N) is 1. The molecule has 0 aromatic carbocycles.